The number of carbonyl (C=O) groups is 1. The number of rotatable bonds is 6. The molecule has 7 nitrogen and oxygen atoms in total. The molecule has 25 heavy (non-hydrogen) atoms. The summed E-state index contributed by atoms with van der Waals surface area (Å²) in [5.74, 6) is 0.915. The van der Waals surface area contributed by atoms with Crippen LogP contribution in [0.15, 0.2) is 41.0 Å². The van der Waals surface area contributed by atoms with Crippen molar-refractivity contribution in [3.63, 3.8) is 0 Å². The van der Waals surface area contributed by atoms with Gasteiger partial charge < -0.3 is 14.8 Å². The molecule has 0 unspecified atom stereocenters. The van der Waals surface area contributed by atoms with E-state index in [9.17, 15) is 4.79 Å². The molecule has 1 N–H and O–H groups in total. The molecule has 9 heteroatoms. The van der Waals surface area contributed by atoms with Crippen LogP contribution in [0, 0.1) is 0 Å². The van der Waals surface area contributed by atoms with Gasteiger partial charge in [0.2, 0.25) is 5.91 Å². The van der Waals surface area contributed by atoms with E-state index < -0.39 is 0 Å². The summed E-state index contributed by atoms with van der Waals surface area (Å²) in [6.45, 7) is 0. The van der Waals surface area contributed by atoms with E-state index in [4.69, 9.17) is 0 Å². The molecular formula is C16H18N6OS2. The molecule has 0 fully saturated rings. The Labute approximate surface area is 154 Å². The molecule has 0 atom stereocenters. The lowest BCUT2D eigenvalue weighted by molar-refractivity contribution is -0.113. The Morgan fingerprint density at radius 3 is 2.68 bits per heavy atom. The van der Waals surface area contributed by atoms with Crippen molar-refractivity contribution in [1.82, 2.24) is 19.7 Å². The Morgan fingerprint density at radius 1 is 1.28 bits per heavy atom. The van der Waals surface area contributed by atoms with Gasteiger partial charge in [-0.2, -0.15) is 0 Å². The maximum atomic E-state index is 11.9. The van der Waals surface area contributed by atoms with E-state index in [1.165, 1.54) is 23.1 Å². The van der Waals surface area contributed by atoms with Crippen LogP contribution in [0.5, 0.6) is 0 Å². The predicted octanol–water partition coefficient (Wildman–Crippen LogP) is 2.74. The second kappa shape index (κ2) is 7.66. The summed E-state index contributed by atoms with van der Waals surface area (Å²) in [4.78, 5) is 18.0. The van der Waals surface area contributed by atoms with E-state index in [2.05, 4.69) is 20.5 Å². The van der Waals surface area contributed by atoms with E-state index >= 15 is 0 Å². The fourth-order valence-electron chi connectivity index (χ4n) is 2.17. The second-order valence-electron chi connectivity index (χ2n) is 5.48. The van der Waals surface area contributed by atoms with E-state index in [-0.39, 0.29) is 11.7 Å². The molecule has 0 aliphatic carbocycles. The number of aromatic nitrogens is 4. The van der Waals surface area contributed by atoms with Crippen LogP contribution in [0.1, 0.15) is 0 Å². The standard InChI is InChI=1S/C16H18N6OS2/c1-21(2)12-6-4-11(5-7-12)14-19-20-16(22(14)3)25-10-13(23)18-15-17-8-9-24-15/h4-9H,10H2,1-3H3,(H,17,18,23). The van der Waals surface area contributed by atoms with Crippen LogP contribution in [0.4, 0.5) is 10.8 Å². The van der Waals surface area contributed by atoms with Crippen LogP contribution in [0.25, 0.3) is 11.4 Å². The zero-order valence-electron chi connectivity index (χ0n) is 14.1. The number of thioether (sulfide) groups is 1. The largest absolute Gasteiger partial charge is 0.378 e. The van der Waals surface area contributed by atoms with Gasteiger partial charge >= 0.3 is 0 Å². The van der Waals surface area contributed by atoms with Crippen LogP contribution >= 0.6 is 23.1 Å². The molecule has 0 radical (unpaired) electrons. The molecule has 130 valence electrons. The highest BCUT2D eigenvalue weighted by Gasteiger charge is 2.13. The molecule has 0 aliphatic heterocycles. The van der Waals surface area contributed by atoms with Crippen molar-refractivity contribution in [2.75, 3.05) is 30.1 Å². The molecule has 2 heterocycles. The van der Waals surface area contributed by atoms with E-state index in [1.807, 2.05) is 60.3 Å². The summed E-state index contributed by atoms with van der Waals surface area (Å²) in [6, 6.07) is 8.11. The minimum Gasteiger partial charge on any atom is -0.378 e. The maximum Gasteiger partial charge on any atom is 0.236 e. The Kier molecular flexibility index (Phi) is 5.34. The normalized spacial score (nSPS) is 10.7. The molecule has 3 rings (SSSR count). The van der Waals surface area contributed by atoms with Crippen LogP contribution in [0.3, 0.4) is 0 Å². The predicted molar refractivity (Wildman–Crippen MR) is 102 cm³/mol. The van der Waals surface area contributed by atoms with Gasteiger partial charge in [0.05, 0.1) is 5.75 Å². The highest BCUT2D eigenvalue weighted by Crippen LogP contribution is 2.24. The van der Waals surface area contributed by atoms with Crippen LogP contribution in [-0.2, 0) is 11.8 Å². The average Bonchev–Trinajstić information content (AvgIpc) is 3.23. The van der Waals surface area contributed by atoms with Gasteiger partial charge in [-0.25, -0.2) is 4.98 Å². The van der Waals surface area contributed by atoms with Crippen molar-refractivity contribution in [1.29, 1.82) is 0 Å². The highest BCUT2D eigenvalue weighted by atomic mass is 32.2. The number of carbonyl (C=O) groups excluding carboxylic acids is 1. The zero-order valence-corrected chi connectivity index (χ0v) is 15.8. The van der Waals surface area contributed by atoms with Gasteiger partial charge in [0.15, 0.2) is 16.1 Å². The Hall–Kier alpha value is -2.39. The SMILES string of the molecule is CN(C)c1ccc(-c2nnc(SCC(=O)Nc3nccs3)n2C)cc1. The minimum absolute atomic E-state index is 0.111. The first-order valence-electron chi connectivity index (χ1n) is 7.54. The van der Waals surface area contributed by atoms with Gasteiger partial charge in [-0.15, -0.1) is 21.5 Å². The lowest BCUT2D eigenvalue weighted by Gasteiger charge is -2.12. The fourth-order valence-corrected chi connectivity index (χ4v) is 3.43. The van der Waals surface area contributed by atoms with Gasteiger partial charge in [-0.1, -0.05) is 11.8 Å². The van der Waals surface area contributed by atoms with Gasteiger partial charge in [-0.05, 0) is 24.3 Å². The number of nitrogens with zero attached hydrogens (tertiary/aromatic N) is 5. The molecule has 0 aliphatic rings. The van der Waals surface area contributed by atoms with Crippen molar-refractivity contribution in [2.24, 2.45) is 7.05 Å². The molecule has 0 saturated carbocycles. The first-order valence-corrected chi connectivity index (χ1v) is 9.40. The summed E-state index contributed by atoms with van der Waals surface area (Å²) in [7, 11) is 5.90. The van der Waals surface area contributed by atoms with Crippen molar-refractivity contribution in [2.45, 2.75) is 5.16 Å². The highest BCUT2D eigenvalue weighted by molar-refractivity contribution is 7.99. The number of thiazole rings is 1. The van der Waals surface area contributed by atoms with E-state index in [0.29, 0.717) is 10.3 Å². The number of hydrogen-bond donors (Lipinski definition) is 1. The molecule has 1 amide bonds. The second-order valence-corrected chi connectivity index (χ2v) is 7.32. The van der Waals surface area contributed by atoms with Gasteiger partial charge in [0.1, 0.15) is 0 Å². The third kappa shape index (κ3) is 4.18. The van der Waals surface area contributed by atoms with Gasteiger partial charge in [0, 0.05) is 44.0 Å². The van der Waals surface area contributed by atoms with Crippen LogP contribution in [-0.4, -0.2) is 45.5 Å². The van der Waals surface area contributed by atoms with Crippen molar-refractivity contribution < 1.29 is 4.79 Å². The van der Waals surface area contributed by atoms with Gasteiger partial charge in [-0.3, -0.25) is 4.79 Å². The number of amides is 1. The third-order valence-electron chi connectivity index (χ3n) is 3.49. The number of nitrogens with one attached hydrogen (secondary N) is 1. The summed E-state index contributed by atoms with van der Waals surface area (Å²) >= 11 is 2.74. The molecule has 0 bridgehead atoms. The summed E-state index contributed by atoms with van der Waals surface area (Å²) < 4.78 is 1.89. The maximum absolute atomic E-state index is 11.9. The number of hydrogen-bond acceptors (Lipinski definition) is 7. The average molecular weight is 374 g/mol. The Balaban J connectivity index is 1.65. The summed E-state index contributed by atoms with van der Waals surface area (Å²) in [5.41, 5.74) is 2.11. The lowest BCUT2D eigenvalue weighted by Crippen LogP contribution is -2.14. The minimum atomic E-state index is -0.111. The molecule has 0 spiro atoms. The first kappa shape index (κ1) is 17.4. The molecule has 0 saturated heterocycles. The first-order chi connectivity index (χ1) is 12.0. The third-order valence-corrected chi connectivity index (χ3v) is 5.20. The smallest absolute Gasteiger partial charge is 0.236 e. The fraction of sp³-hybridized carbons (Fsp3) is 0.250. The molecule has 2 aromatic heterocycles. The van der Waals surface area contributed by atoms with Crippen molar-refractivity contribution in [3.8, 4) is 11.4 Å². The Bertz CT molecular complexity index is 842. The molecule has 1 aromatic carbocycles. The van der Waals surface area contributed by atoms with Gasteiger partial charge in [0.25, 0.3) is 0 Å². The quantitative estimate of drug-likeness (QED) is 0.669. The topological polar surface area (TPSA) is 75.9 Å². The number of anilines is 2. The Morgan fingerprint density at radius 2 is 2.04 bits per heavy atom. The van der Waals surface area contributed by atoms with Crippen LogP contribution in [0.2, 0.25) is 0 Å². The van der Waals surface area contributed by atoms with Crippen LogP contribution < -0.4 is 10.2 Å². The lowest BCUT2D eigenvalue weighted by atomic mass is 10.2. The van der Waals surface area contributed by atoms with E-state index in [1.54, 1.807) is 6.20 Å². The molecular weight excluding hydrogens is 356 g/mol. The zero-order chi connectivity index (χ0) is 17.8. The van der Waals surface area contributed by atoms with Crippen molar-refractivity contribution in [3.05, 3.63) is 35.8 Å². The summed E-state index contributed by atoms with van der Waals surface area (Å²) in [6.07, 6.45) is 1.66. The van der Waals surface area contributed by atoms with Crippen molar-refractivity contribution >= 4 is 39.8 Å². The molecule has 3 aromatic rings. The summed E-state index contributed by atoms with van der Waals surface area (Å²) in [5, 5.41) is 14.3. The number of benzene rings is 1. The monoisotopic (exact) mass is 374 g/mol. The van der Waals surface area contributed by atoms with E-state index in [0.717, 1.165) is 17.1 Å².